The molecule has 0 aromatic heterocycles. The van der Waals surface area contributed by atoms with E-state index in [9.17, 15) is 4.79 Å². The van der Waals surface area contributed by atoms with Crippen molar-refractivity contribution in [2.24, 2.45) is 0 Å². The molecule has 0 aliphatic carbocycles. The second-order valence-electron chi connectivity index (χ2n) is 4.33. The van der Waals surface area contributed by atoms with Gasteiger partial charge in [-0.25, -0.2) is 4.79 Å². The third-order valence-corrected chi connectivity index (χ3v) is 2.96. The first-order valence-corrected chi connectivity index (χ1v) is 6.45. The number of rotatable bonds is 6. The lowest BCUT2D eigenvalue weighted by molar-refractivity contribution is -0.143. The van der Waals surface area contributed by atoms with Gasteiger partial charge in [0.15, 0.2) is 17.6 Å². The van der Waals surface area contributed by atoms with Crippen molar-refractivity contribution in [1.29, 1.82) is 0 Å². The molecular weight excluding hydrogens is 246 g/mol. The number of nitrogens with one attached hydrogen (secondary N) is 1. The van der Waals surface area contributed by atoms with Gasteiger partial charge in [0.2, 0.25) is 0 Å². The molecule has 0 radical (unpaired) electrons. The van der Waals surface area contributed by atoms with E-state index in [1.165, 1.54) is 0 Å². The molecule has 1 unspecified atom stereocenters. The Morgan fingerprint density at radius 3 is 2.89 bits per heavy atom. The van der Waals surface area contributed by atoms with Crippen molar-refractivity contribution in [1.82, 2.24) is 5.32 Å². The highest BCUT2D eigenvalue weighted by Crippen LogP contribution is 2.30. The molecule has 0 spiro atoms. The molecule has 1 saturated heterocycles. The first-order chi connectivity index (χ1) is 9.24. The van der Waals surface area contributed by atoms with Crippen molar-refractivity contribution in [3.63, 3.8) is 0 Å². The van der Waals surface area contributed by atoms with Crippen LogP contribution in [0.3, 0.4) is 0 Å². The van der Waals surface area contributed by atoms with Crippen molar-refractivity contribution in [2.75, 3.05) is 20.3 Å². The monoisotopic (exact) mass is 265 g/mol. The highest BCUT2D eigenvalue weighted by Gasteiger charge is 2.29. The fourth-order valence-electron chi connectivity index (χ4n) is 1.93. The Bertz CT molecular complexity index is 447. The molecule has 0 saturated carbocycles. The van der Waals surface area contributed by atoms with E-state index in [2.05, 4.69) is 12.2 Å². The molecule has 19 heavy (non-hydrogen) atoms. The number of cyclic esters (lactones) is 1. The number of carbonyl (C=O) groups excluding carboxylic acids is 1. The van der Waals surface area contributed by atoms with Gasteiger partial charge in [-0.15, -0.1) is 0 Å². The predicted octanol–water partition coefficient (Wildman–Crippen LogP) is 1.50. The maximum absolute atomic E-state index is 11.4. The summed E-state index contributed by atoms with van der Waals surface area (Å²) in [7, 11) is 1.58. The van der Waals surface area contributed by atoms with Crippen LogP contribution in [0.25, 0.3) is 0 Å². The Morgan fingerprint density at radius 2 is 2.26 bits per heavy atom. The zero-order valence-electron chi connectivity index (χ0n) is 11.3. The van der Waals surface area contributed by atoms with Crippen LogP contribution in [0.15, 0.2) is 18.2 Å². The summed E-state index contributed by atoms with van der Waals surface area (Å²) in [5.74, 6) is 0.904. The number of ether oxygens (including phenoxy) is 3. The zero-order chi connectivity index (χ0) is 13.7. The summed E-state index contributed by atoms with van der Waals surface area (Å²) in [6, 6.07) is 5.72. The Morgan fingerprint density at radius 1 is 1.42 bits per heavy atom. The van der Waals surface area contributed by atoms with Crippen molar-refractivity contribution in [3.05, 3.63) is 23.8 Å². The van der Waals surface area contributed by atoms with Crippen LogP contribution in [0.2, 0.25) is 0 Å². The summed E-state index contributed by atoms with van der Waals surface area (Å²) in [6.45, 7) is 4.13. The van der Waals surface area contributed by atoms with E-state index in [4.69, 9.17) is 14.2 Å². The summed E-state index contributed by atoms with van der Waals surface area (Å²) in [6.07, 6.45) is 0.0580. The van der Waals surface area contributed by atoms with Gasteiger partial charge in [-0.05, 0) is 24.2 Å². The van der Waals surface area contributed by atoms with E-state index in [0.29, 0.717) is 24.5 Å². The molecular formula is C14H19NO4. The average molecular weight is 265 g/mol. The molecule has 1 aliphatic rings. The number of methoxy groups -OCH3 is 1. The third kappa shape index (κ3) is 3.38. The largest absolute Gasteiger partial charge is 0.493 e. The lowest BCUT2D eigenvalue weighted by Crippen LogP contribution is -2.22. The quantitative estimate of drug-likeness (QED) is 0.790. The summed E-state index contributed by atoms with van der Waals surface area (Å²) in [5, 5.41) is 3.24. The molecule has 0 amide bonds. The summed E-state index contributed by atoms with van der Waals surface area (Å²) < 4.78 is 15.8. The van der Waals surface area contributed by atoms with Gasteiger partial charge >= 0.3 is 5.97 Å². The van der Waals surface area contributed by atoms with E-state index in [-0.39, 0.29) is 5.97 Å². The normalized spacial score (nSPS) is 18.2. The van der Waals surface area contributed by atoms with Gasteiger partial charge in [0.1, 0.15) is 0 Å². The third-order valence-electron chi connectivity index (χ3n) is 2.96. The second kappa shape index (κ2) is 6.43. The fraction of sp³-hybridized carbons (Fsp3) is 0.500. The minimum absolute atomic E-state index is 0.306. The Balaban J connectivity index is 2.13. The van der Waals surface area contributed by atoms with E-state index < -0.39 is 6.10 Å². The lowest BCUT2D eigenvalue weighted by atomic mass is 10.2. The molecule has 1 atom stereocenters. The number of carbonyl (C=O) groups is 1. The smallest absolute Gasteiger partial charge is 0.347 e. The molecule has 1 fully saturated rings. The minimum Gasteiger partial charge on any atom is -0.493 e. The topological polar surface area (TPSA) is 56.8 Å². The lowest BCUT2D eigenvalue weighted by Gasteiger charge is -2.15. The van der Waals surface area contributed by atoms with Crippen molar-refractivity contribution < 1.29 is 19.0 Å². The molecule has 1 N–H and O–H groups in total. The summed E-state index contributed by atoms with van der Waals surface area (Å²) >= 11 is 0. The second-order valence-corrected chi connectivity index (χ2v) is 4.33. The van der Waals surface area contributed by atoms with Gasteiger partial charge < -0.3 is 19.5 Å². The van der Waals surface area contributed by atoms with E-state index in [1.54, 1.807) is 7.11 Å². The van der Waals surface area contributed by atoms with Crippen LogP contribution in [0, 0.1) is 0 Å². The number of hydrogen-bond donors (Lipinski definition) is 1. The number of esters is 1. The van der Waals surface area contributed by atoms with E-state index in [0.717, 1.165) is 18.7 Å². The van der Waals surface area contributed by atoms with E-state index >= 15 is 0 Å². The zero-order valence-corrected chi connectivity index (χ0v) is 11.3. The summed E-state index contributed by atoms with van der Waals surface area (Å²) in [5.41, 5.74) is 1.09. The molecule has 5 nitrogen and oxygen atoms in total. The molecule has 0 bridgehead atoms. The minimum atomic E-state index is -0.525. The van der Waals surface area contributed by atoms with Crippen molar-refractivity contribution in [3.8, 4) is 11.5 Å². The molecule has 1 heterocycles. The van der Waals surface area contributed by atoms with Gasteiger partial charge in [0.05, 0.1) is 13.7 Å². The predicted molar refractivity (Wildman–Crippen MR) is 70.4 cm³/mol. The van der Waals surface area contributed by atoms with E-state index in [1.807, 2.05) is 18.2 Å². The van der Waals surface area contributed by atoms with Crippen LogP contribution in [-0.2, 0) is 16.1 Å². The van der Waals surface area contributed by atoms with Crippen LogP contribution in [-0.4, -0.2) is 32.3 Å². The number of benzene rings is 1. The Labute approximate surface area is 112 Å². The SMILES string of the molecule is CCNCc1ccc(OC)c(OC2CCOC2=O)c1. The maximum atomic E-state index is 11.4. The number of hydrogen-bond acceptors (Lipinski definition) is 5. The van der Waals surface area contributed by atoms with Crippen molar-refractivity contribution >= 4 is 5.97 Å². The Hall–Kier alpha value is -1.75. The van der Waals surface area contributed by atoms with Gasteiger partial charge in [-0.3, -0.25) is 0 Å². The van der Waals surface area contributed by atoms with Crippen LogP contribution in [0.4, 0.5) is 0 Å². The van der Waals surface area contributed by atoms with Gasteiger partial charge in [0, 0.05) is 13.0 Å². The summed E-state index contributed by atoms with van der Waals surface area (Å²) in [4.78, 5) is 11.4. The first kappa shape index (κ1) is 13.7. The molecule has 5 heteroatoms. The highest BCUT2D eigenvalue weighted by molar-refractivity contribution is 5.77. The van der Waals surface area contributed by atoms with Crippen LogP contribution in [0.1, 0.15) is 18.9 Å². The van der Waals surface area contributed by atoms with Crippen LogP contribution in [0.5, 0.6) is 11.5 Å². The van der Waals surface area contributed by atoms with Gasteiger partial charge in [0.25, 0.3) is 0 Å². The molecule has 1 aromatic carbocycles. The van der Waals surface area contributed by atoms with Crippen LogP contribution >= 0.6 is 0 Å². The first-order valence-electron chi connectivity index (χ1n) is 6.45. The molecule has 1 aromatic rings. The average Bonchev–Trinajstić information content (AvgIpc) is 2.82. The maximum Gasteiger partial charge on any atom is 0.347 e. The molecule has 104 valence electrons. The standard InChI is InChI=1S/C14H19NO4/c1-3-15-9-10-4-5-11(17-2)13(8-10)19-12-6-7-18-14(12)16/h4-5,8,12,15H,3,6-7,9H2,1-2H3. The van der Waals surface area contributed by atoms with Crippen LogP contribution < -0.4 is 14.8 Å². The molecule has 1 aliphatic heterocycles. The molecule has 2 rings (SSSR count). The Kier molecular flexibility index (Phi) is 4.63. The fourth-order valence-corrected chi connectivity index (χ4v) is 1.93. The highest BCUT2D eigenvalue weighted by atomic mass is 16.6. The van der Waals surface area contributed by atoms with Crippen molar-refractivity contribution in [2.45, 2.75) is 26.0 Å². The van der Waals surface area contributed by atoms with Gasteiger partial charge in [-0.2, -0.15) is 0 Å². The van der Waals surface area contributed by atoms with Gasteiger partial charge in [-0.1, -0.05) is 13.0 Å².